The molecule has 0 saturated carbocycles. The summed E-state index contributed by atoms with van der Waals surface area (Å²) in [6.45, 7) is 5.11. The van der Waals surface area contributed by atoms with E-state index in [1.165, 1.54) is 30.4 Å². The first-order valence-electron chi connectivity index (χ1n) is 9.78. The van der Waals surface area contributed by atoms with E-state index in [1.54, 1.807) is 0 Å². The van der Waals surface area contributed by atoms with Gasteiger partial charge >= 0.3 is 0 Å². The maximum absolute atomic E-state index is 11.1. The Kier molecular flexibility index (Phi) is 6.28. The summed E-state index contributed by atoms with van der Waals surface area (Å²) >= 11 is 0. The molecule has 134 valence electrons. The molecule has 2 heteroatoms. The normalized spacial score (nSPS) is 17.5. The molecule has 0 aliphatic carbocycles. The lowest BCUT2D eigenvalue weighted by atomic mass is 9.84. The first-order chi connectivity index (χ1) is 12.2. The van der Waals surface area contributed by atoms with E-state index in [4.69, 9.17) is 0 Å². The van der Waals surface area contributed by atoms with Crippen molar-refractivity contribution in [1.29, 1.82) is 0 Å². The fourth-order valence-corrected chi connectivity index (χ4v) is 3.77. The Balaban J connectivity index is 1.54. The van der Waals surface area contributed by atoms with Gasteiger partial charge in [-0.05, 0) is 42.4 Å². The van der Waals surface area contributed by atoms with Gasteiger partial charge in [-0.15, -0.1) is 0 Å². The highest BCUT2D eigenvalue weighted by molar-refractivity contribution is 5.28. The largest absolute Gasteiger partial charge is 0.385 e. The number of likely N-dealkylation sites (tertiary alicyclic amines) is 1. The smallest absolute Gasteiger partial charge is 0.0920 e. The molecular formula is C23H31NO. The van der Waals surface area contributed by atoms with Crippen molar-refractivity contribution >= 4 is 0 Å². The minimum atomic E-state index is -0.658. The second-order valence-electron chi connectivity index (χ2n) is 7.45. The molecule has 0 bridgehead atoms. The molecule has 0 atom stereocenters. The monoisotopic (exact) mass is 337 g/mol. The number of hydrogen-bond donors (Lipinski definition) is 1. The molecule has 0 aromatic heterocycles. The van der Waals surface area contributed by atoms with Crippen molar-refractivity contribution in [3.63, 3.8) is 0 Å². The second kappa shape index (κ2) is 8.64. The maximum atomic E-state index is 11.1. The van der Waals surface area contributed by atoms with Gasteiger partial charge in [0, 0.05) is 19.6 Å². The second-order valence-corrected chi connectivity index (χ2v) is 7.45. The number of rotatable bonds is 7. The van der Waals surface area contributed by atoms with Crippen molar-refractivity contribution < 1.29 is 5.11 Å². The molecule has 1 N–H and O–H groups in total. The van der Waals surface area contributed by atoms with Gasteiger partial charge in [0.1, 0.15) is 0 Å². The van der Waals surface area contributed by atoms with Crippen LogP contribution < -0.4 is 0 Å². The lowest BCUT2D eigenvalue weighted by Crippen LogP contribution is -2.42. The Bertz CT molecular complexity index is 627. The molecule has 2 nitrogen and oxygen atoms in total. The van der Waals surface area contributed by atoms with Crippen LogP contribution in [0.4, 0.5) is 0 Å². The molecule has 1 aliphatic rings. The Labute approximate surface area is 152 Å². The average Bonchev–Trinajstić information content (AvgIpc) is 2.65. The van der Waals surface area contributed by atoms with E-state index in [1.807, 2.05) is 0 Å². The molecule has 2 aromatic rings. The predicted molar refractivity (Wildman–Crippen MR) is 105 cm³/mol. The van der Waals surface area contributed by atoms with Crippen molar-refractivity contribution in [1.82, 2.24) is 4.90 Å². The average molecular weight is 338 g/mol. The number of nitrogens with zero attached hydrogens (tertiary/aromatic N) is 1. The quantitative estimate of drug-likeness (QED) is 0.726. The molecule has 3 rings (SSSR count). The zero-order valence-corrected chi connectivity index (χ0v) is 15.5. The molecule has 0 spiro atoms. The Morgan fingerprint density at radius 1 is 0.880 bits per heavy atom. The number of hydrogen-bond acceptors (Lipinski definition) is 2. The van der Waals surface area contributed by atoms with Gasteiger partial charge in [-0.2, -0.15) is 0 Å². The van der Waals surface area contributed by atoms with Crippen LogP contribution in [0.15, 0.2) is 54.6 Å². The van der Waals surface area contributed by atoms with Crippen molar-refractivity contribution in [3.05, 3.63) is 71.3 Å². The molecule has 25 heavy (non-hydrogen) atoms. The van der Waals surface area contributed by atoms with Gasteiger partial charge in [-0.1, -0.05) is 74.4 Å². The predicted octanol–water partition coefficient (Wildman–Crippen LogP) is 4.90. The van der Waals surface area contributed by atoms with E-state index < -0.39 is 5.60 Å². The third-order valence-corrected chi connectivity index (χ3v) is 5.49. The summed E-state index contributed by atoms with van der Waals surface area (Å²) in [5, 5.41) is 11.1. The van der Waals surface area contributed by atoms with Crippen LogP contribution in [-0.4, -0.2) is 23.1 Å². The summed E-state index contributed by atoms with van der Waals surface area (Å²) in [7, 11) is 0. The minimum absolute atomic E-state index is 0.658. The van der Waals surface area contributed by atoms with Crippen LogP contribution in [0.3, 0.4) is 0 Å². The maximum Gasteiger partial charge on any atom is 0.0920 e. The van der Waals surface area contributed by atoms with Crippen LogP contribution in [0.1, 0.15) is 55.7 Å². The van der Waals surface area contributed by atoms with Crippen molar-refractivity contribution in [2.24, 2.45) is 0 Å². The third-order valence-electron chi connectivity index (χ3n) is 5.49. The van der Waals surface area contributed by atoms with Gasteiger partial charge in [-0.25, -0.2) is 0 Å². The van der Waals surface area contributed by atoms with Crippen LogP contribution in [0.25, 0.3) is 0 Å². The van der Waals surface area contributed by atoms with Gasteiger partial charge in [-0.3, -0.25) is 4.90 Å². The fraction of sp³-hybridized carbons (Fsp3) is 0.478. The number of aliphatic hydroxyl groups is 1. The zero-order chi connectivity index (χ0) is 17.5. The van der Waals surface area contributed by atoms with Crippen molar-refractivity contribution in [2.75, 3.05) is 13.1 Å². The summed E-state index contributed by atoms with van der Waals surface area (Å²) in [6.07, 6.45) is 6.59. The number of unbranched alkanes of at least 4 members (excludes halogenated alkanes) is 2. The number of aryl methyl sites for hydroxylation is 1. The highest BCUT2D eigenvalue weighted by Crippen LogP contribution is 2.33. The summed E-state index contributed by atoms with van der Waals surface area (Å²) in [6, 6.07) is 19.3. The van der Waals surface area contributed by atoms with Crippen LogP contribution in [-0.2, 0) is 18.6 Å². The molecule has 1 aliphatic heterocycles. The molecule has 1 saturated heterocycles. The SMILES string of the molecule is CCCCCc1ccc(C2(O)CCN(Cc3ccccc3)CC2)cc1. The van der Waals surface area contributed by atoms with Crippen molar-refractivity contribution in [2.45, 2.75) is 57.6 Å². The van der Waals surface area contributed by atoms with Gasteiger partial charge in [0.25, 0.3) is 0 Å². The van der Waals surface area contributed by atoms with Gasteiger partial charge in [0.2, 0.25) is 0 Å². The van der Waals surface area contributed by atoms with Gasteiger partial charge < -0.3 is 5.11 Å². The van der Waals surface area contributed by atoms with E-state index in [0.717, 1.165) is 44.5 Å². The molecule has 0 unspecified atom stereocenters. The molecule has 2 aromatic carbocycles. The number of piperidine rings is 1. The summed E-state index contributed by atoms with van der Waals surface area (Å²) in [4.78, 5) is 2.45. The van der Waals surface area contributed by atoms with Crippen molar-refractivity contribution in [3.8, 4) is 0 Å². The topological polar surface area (TPSA) is 23.5 Å². The van der Waals surface area contributed by atoms with Crippen LogP contribution >= 0.6 is 0 Å². The summed E-state index contributed by atoms with van der Waals surface area (Å²) in [5.41, 5.74) is 3.17. The summed E-state index contributed by atoms with van der Waals surface area (Å²) < 4.78 is 0. The standard InChI is InChI=1S/C23H31NO/c1-2-3-5-8-20-11-13-22(14-12-20)23(25)15-17-24(18-16-23)19-21-9-6-4-7-10-21/h4,6-7,9-14,25H,2-3,5,8,15-19H2,1H3. The first kappa shape index (κ1) is 18.2. The summed E-state index contributed by atoms with van der Waals surface area (Å²) in [5.74, 6) is 0. The third kappa shape index (κ3) is 4.93. The molecular weight excluding hydrogens is 306 g/mol. The van der Waals surface area contributed by atoms with E-state index in [9.17, 15) is 5.11 Å². The Morgan fingerprint density at radius 3 is 2.20 bits per heavy atom. The number of benzene rings is 2. The molecule has 0 radical (unpaired) electrons. The highest BCUT2D eigenvalue weighted by Gasteiger charge is 2.33. The molecule has 1 fully saturated rings. The van der Waals surface area contributed by atoms with E-state index >= 15 is 0 Å². The Hall–Kier alpha value is -1.64. The van der Waals surface area contributed by atoms with Gasteiger partial charge in [0.05, 0.1) is 5.60 Å². The minimum Gasteiger partial charge on any atom is -0.385 e. The lowest BCUT2D eigenvalue weighted by Gasteiger charge is -2.38. The van der Waals surface area contributed by atoms with E-state index in [2.05, 4.69) is 66.4 Å². The fourth-order valence-electron chi connectivity index (χ4n) is 3.77. The van der Waals surface area contributed by atoms with Crippen LogP contribution in [0.5, 0.6) is 0 Å². The molecule has 1 heterocycles. The zero-order valence-electron chi connectivity index (χ0n) is 15.5. The highest BCUT2D eigenvalue weighted by atomic mass is 16.3. The van der Waals surface area contributed by atoms with Crippen LogP contribution in [0, 0.1) is 0 Å². The van der Waals surface area contributed by atoms with E-state index in [-0.39, 0.29) is 0 Å². The first-order valence-corrected chi connectivity index (χ1v) is 9.78. The van der Waals surface area contributed by atoms with E-state index in [0.29, 0.717) is 0 Å². The Morgan fingerprint density at radius 2 is 1.56 bits per heavy atom. The lowest BCUT2D eigenvalue weighted by molar-refractivity contribution is -0.0277. The molecule has 0 amide bonds. The van der Waals surface area contributed by atoms with Gasteiger partial charge in [0.15, 0.2) is 0 Å². The van der Waals surface area contributed by atoms with Crippen LogP contribution in [0.2, 0.25) is 0 Å².